The molecule has 0 bridgehead atoms. The van der Waals surface area contributed by atoms with Crippen LogP contribution in [0.1, 0.15) is 226 Å². The van der Waals surface area contributed by atoms with E-state index in [-0.39, 0.29) is 24.9 Å². The molecule has 0 fully saturated rings. The monoisotopic (exact) mass is 902 g/mol. The third-order valence-electron chi connectivity index (χ3n) is 11.4. The van der Waals surface area contributed by atoms with E-state index in [1.807, 2.05) is 6.08 Å². The average Bonchev–Trinajstić information content (AvgIpc) is 3.30. The number of allylic oxidation sites excluding steroid dienone is 18. The first-order valence-corrected chi connectivity index (χ1v) is 26.7. The Morgan fingerprint density at radius 1 is 0.477 bits per heavy atom. The van der Waals surface area contributed by atoms with Crippen molar-refractivity contribution in [3.63, 3.8) is 0 Å². The summed E-state index contributed by atoms with van der Waals surface area (Å²) in [6, 6.07) is -0.728. The van der Waals surface area contributed by atoms with Crippen LogP contribution in [0.25, 0.3) is 0 Å². The van der Waals surface area contributed by atoms with Crippen molar-refractivity contribution in [2.75, 3.05) is 6.61 Å². The van der Waals surface area contributed by atoms with Gasteiger partial charge in [-0.1, -0.05) is 226 Å². The summed E-state index contributed by atoms with van der Waals surface area (Å²) in [5.74, 6) is -0.559. The van der Waals surface area contributed by atoms with Crippen molar-refractivity contribution in [2.24, 2.45) is 0 Å². The maximum absolute atomic E-state index is 13.2. The molecule has 0 aromatic carbocycles. The number of aliphatic hydroxyl groups is 2. The average molecular weight is 902 g/mol. The van der Waals surface area contributed by atoms with Crippen LogP contribution in [0.15, 0.2) is 109 Å². The molecular weight excluding hydrogens is 803 g/mol. The fourth-order valence-electron chi connectivity index (χ4n) is 7.41. The van der Waals surface area contributed by atoms with E-state index in [9.17, 15) is 19.8 Å². The molecule has 1 amide bonds. The Kier molecular flexibility index (Phi) is 48.7. The van der Waals surface area contributed by atoms with Crippen LogP contribution in [0.4, 0.5) is 0 Å². The van der Waals surface area contributed by atoms with Gasteiger partial charge in [0, 0.05) is 6.42 Å². The summed E-state index contributed by atoms with van der Waals surface area (Å²) in [5.41, 5.74) is 0. The van der Waals surface area contributed by atoms with Crippen molar-refractivity contribution >= 4 is 11.9 Å². The first-order chi connectivity index (χ1) is 32.0. The third kappa shape index (κ3) is 46.8. The fraction of sp³-hybridized carbons (Fsp3) is 0.661. The lowest BCUT2D eigenvalue weighted by Gasteiger charge is -2.24. The van der Waals surface area contributed by atoms with Gasteiger partial charge in [-0.05, 0) is 96.3 Å². The molecule has 0 saturated heterocycles. The molecule has 3 atom stereocenters. The zero-order chi connectivity index (χ0) is 47.4. The number of hydrogen-bond donors (Lipinski definition) is 3. The van der Waals surface area contributed by atoms with Gasteiger partial charge in [0.1, 0.15) is 6.10 Å². The van der Waals surface area contributed by atoms with Crippen LogP contribution in [-0.4, -0.2) is 46.9 Å². The number of carbonyl (C=O) groups is 2. The van der Waals surface area contributed by atoms with Crippen molar-refractivity contribution in [3.05, 3.63) is 109 Å². The molecule has 0 aliphatic carbocycles. The Balaban J connectivity index is 4.75. The summed E-state index contributed by atoms with van der Waals surface area (Å²) in [6.07, 6.45) is 70.0. The predicted octanol–water partition coefficient (Wildman–Crippen LogP) is 16.3. The van der Waals surface area contributed by atoms with Crippen molar-refractivity contribution in [2.45, 2.75) is 244 Å². The zero-order valence-electron chi connectivity index (χ0n) is 42.1. The Bertz CT molecular complexity index is 1330. The molecule has 0 radical (unpaired) electrons. The van der Waals surface area contributed by atoms with E-state index in [1.165, 1.54) is 70.6 Å². The lowest BCUT2D eigenvalue weighted by Crippen LogP contribution is -2.46. The first kappa shape index (κ1) is 61.5. The highest BCUT2D eigenvalue weighted by molar-refractivity contribution is 5.77. The summed E-state index contributed by atoms with van der Waals surface area (Å²) in [4.78, 5) is 26.2. The molecular formula is C59H99NO5. The van der Waals surface area contributed by atoms with Crippen molar-refractivity contribution in [1.29, 1.82) is 0 Å². The zero-order valence-corrected chi connectivity index (χ0v) is 42.1. The molecule has 65 heavy (non-hydrogen) atoms. The van der Waals surface area contributed by atoms with Crippen LogP contribution in [-0.2, 0) is 14.3 Å². The second kappa shape index (κ2) is 51.5. The highest BCUT2D eigenvalue weighted by Gasteiger charge is 2.24. The van der Waals surface area contributed by atoms with E-state index in [1.54, 1.807) is 0 Å². The summed E-state index contributed by atoms with van der Waals surface area (Å²) in [5, 5.41) is 23.7. The Morgan fingerprint density at radius 2 is 0.892 bits per heavy atom. The molecule has 0 aromatic heterocycles. The van der Waals surface area contributed by atoms with E-state index >= 15 is 0 Å². The molecule has 3 N–H and O–H groups in total. The van der Waals surface area contributed by atoms with Crippen LogP contribution < -0.4 is 5.32 Å². The number of ether oxygens (including phenoxy) is 1. The number of hydrogen-bond acceptors (Lipinski definition) is 5. The smallest absolute Gasteiger partial charge is 0.306 e. The second-order valence-electron chi connectivity index (χ2n) is 17.6. The number of nitrogens with one attached hydrogen (secondary N) is 1. The molecule has 0 saturated carbocycles. The minimum Gasteiger partial charge on any atom is -0.462 e. The summed E-state index contributed by atoms with van der Waals surface area (Å²) < 4.78 is 5.91. The number of esters is 1. The lowest BCUT2D eigenvalue weighted by molar-refractivity contribution is -0.151. The highest BCUT2D eigenvalue weighted by Crippen LogP contribution is 2.17. The predicted molar refractivity (Wildman–Crippen MR) is 282 cm³/mol. The van der Waals surface area contributed by atoms with Crippen molar-refractivity contribution in [1.82, 2.24) is 5.32 Å². The molecule has 3 unspecified atom stereocenters. The molecule has 6 heteroatoms. The lowest BCUT2D eigenvalue weighted by atomic mass is 10.0. The van der Waals surface area contributed by atoms with Gasteiger partial charge in [-0.2, -0.15) is 0 Å². The van der Waals surface area contributed by atoms with Crippen molar-refractivity contribution in [3.8, 4) is 0 Å². The summed E-state index contributed by atoms with van der Waals surface area (Å²) in [6.45, 7) is 6.30. The maximum Gasteiger partial charge on any atom is 0.306 e. The molecule has 0 aliphatic rings. The Morgan fingerprint density at radius 3 is 1.43 bits per heavy atom. The van der Waals surface area contributed by atoms with Gasteiger partial charge in [-0.3, -0.25) is 9.59 Å². The maximum atomic E-state index is 13.2. The SMILES string of the molecule is CC/C=C\C/C=C\C/C=C\C/C=C\C/C=C\CCCCCC(=O)OC(CCCCC/C=C/C=C/C=C/C=C/CCCCC)CC(=O)NC(CO)C(O)CCCCCCCCCCCCC. The van der Waals surface area contributed by atoms with Gasteiger partial charge in [0.25, 0.3) is 0 Å². The normalized spacial score (nSPS) is 14.1. The molecule has 6 nitrogen and oxygen atoms in total. The van der Waals surface area contributed by atoms with Crippen LogP contribution in [0.2, 0.25) is 0 Å². The number of carbonyl (C=O) groups excluding carboxylic acids is 2. The number of unbranched alkanes of at least 4 members (excludes halogenated alkanes) is 19. The van der Waals surface area contributed by atoms with Gasteiger partial charge >= 0.3 is 5.97 Å². The van der Waals surface area contributed by atoms with E-state index in [0.29, 0.717) is 19.3 Å². The Labute approximate surface area is 400 Å². The third-order valence-corrected chi connectivity index (χ3v) is 11.4. The Hall–Kier alpha value is -3.48. The van der Waals surface area contributed by atoms with E-state index in [2.05, 4.69) is 129 Å². The van der Waals surface area contributed by atoms with Gasteiger partial charge in [0.05, 0.1) is 25.2 Å². The standard InChI is InChI=1S/C59H99NO5/c1-4-7-10-13-16-19-22-24-26-28-29-30-32-34-37-40-43-46-49-52-59(64)65-55(50-47-44-41-38-36-33-31-27-25-23-20-17-14-11-8-5-2)53-58(63)60-56(54-61)57(62)51-48-45-42-39-35-21-18-15-12-9-6-3/h7,10,16-17,19-20,23-27,29-31,33-34,36-37,55-57,61-62H,4-6,8-9,11-15,18,21-22,28,32,35,38-54H2,1-3H3,(H,60,63)/b10-7-,19-16-,20-17+,25-23+,26-24-,30-29-,31-27+,36-33+,37-34-. The van der Waals surface area contributed by atoms with Gasteiger partial charge in [-0.25, -0.2) is 0 Å². The van der Waals surface area contributed by atoms with E-state index in [4.69, 9.17) is 4.74 Å². The van der Waals surface area contributed by atoms with Gasteiger partial charge < -0.3 is 20.3 Å². The van der Waals surface area contributed by atoms with Crippen LogP contribution in [0.3, 0.4) is 0 Å². The number of amides is 1. The van der Waals surface area contributed by atoms with E-state index < -0.39 is 18.2 Å². The minimum atomic E-state index is -0.811. The number of rotatable bonds is 46. The topological polar surface area (TPSA) is 95.9 Å². The van der Waals surface area contributed by atoms with Crippen LogP contribution in [0.5, 0.6) is 0 Å². The van der Waals surface area contributed by atoms with Crippen LogP contribution >= 0.6 is 0 Å². The molecule has 0 heterocycles. The minimum absolute atomic E-state index is 0.0314. The highest BCUT2D eigenvalue weighted by atomic mass is 16.5. The quantitative estimate of drug-likeness (QED) is 0.0245. The van der Waals surface area contributed by atoms with Gasteiger partial charge in [0.2, 0.25) is 5.91 Å². The second-order valence-corrected chi connectivity index (χ2v) is 17.6. The molecule has 0 rings (SSSR count). The largest absolute Gasteiger partial charge is 0.462 e. The molecule has 0 aliphatic heterocycles. The van der Waals surface area contributed by atoms with Crippen LogP contribution in [0, 0.1) is 0 Å². The first-order valence-electron chi connectivity index (χ1n) is 26.7. The molecule has 370 valence electrons. The van der Waals surface area contributed by atoms with Gasteiger partial charge in [0.15, 0.2) is 0 Å². The van der Waals surface area contributed by atoms with E-state index in [0.717, 1.165) is 109 Å². The molecule has 0 aromatic rings. The summed E-state index contributed by atoms with van der Waals surface area (Å²) >= 11 is 0. The summed E-state index contributed by atoms with van der Waals surface area (Å²) in [7, 11) is 0. The van der Waals surface area contributed by atoms with Crippen molar-refractivity contribution < 1.29 is 24.5 Å². The fourth-order valence-corrected chi connectivity index (χ4v) is 7.41. The molecule has 0 spiro atoms. The number of aliphatic hydroxyl groups excluding tert-OH is 2. The van der Waals surface area contributed by atoms with Gasteiger partial charge in [-0.15, -0.1) is 0 Å².